The summed E-state index contributed by atoms with van der Waals surface area (Å²) >= 11 is 0. The van der Waals surface area contributed by atoms with Crippen molar-refractivity contribution in [2.24, 2.45) is 11.0 Å². The lowest BCUT2D eigenvalue weighted by atomic mass is 10.1. The quantitative estimate of drug-likeness (QED) is 0.680. The first-order valence-electron chi connectivity index (χ1n) is 7.40. The Morgan fingerprint density at radius 1 is 1.38 bits per heavy atom. The van der Waals surface area contributed by atoms with Crippen LogP contribution in [0.4, 0.5) is 5.69 Å². The molecule has 1 aromatic rings. The summed E-state index contributed by atoms with van der Waals surface area (Å²) in [6.45, 7) is 2.63. The molecule has 3 rings (SSSR count). The topological polar surface area (TPSA) is 61.8 Å². The van der Waals surface area contributed by atoms with E-state index in [1.807, 2.05) is 31.2 Å². The van der Waals surface area contributed by atoms with Crippen LogP contribution in [0.2, 0.25) is 0 Å². The molecule has 21 heavy (non-hydrogen) atoms. The van der Waals surface area contributed by atoms with Crippen molar-refractivity contribution in [1.29, 1.82) is 0 Å². The molecule has 2 amide bonds. The minimum atomic E-state index is 0.000209. The Hall–Kier alpha value is -2.17. The van der Waals surface area contributed by atoms with Crippen molar-refractivity contribution in [2.75, 3.05) is 11.4 Å². The van der Waals surface area contributed by atoms with Crippen molar-refractivity contribution in [2.45, 2.75) is 32.6 Å². The van der Waals surface area contributed by atoms with Gasteiger partial charge >= 0.3 is 0 Å². The molecule has 110 valence electrons. The van der Waals surface area contributed by atoms with E-state index in [1.165, 1.54) is 0 Å². The van der Waals surface area contributed by atoms with Crippen LogP contribution in [-0.4, -0.2) is 24.1 Å². The summed E-state index contributed by atoms with van der Waals surface area (Å²) in [4.78, 5) is 25.2. The molecule has 5 nitrogen and oxygen atoms in total. The number of nitrogens with zero attached hydrogens (tertiary/aromatic N) is 2. The van der Waals surface area contributed by atoms with Crippen LogP contribution in [-0.2, 0) is 9.59 Å². The van der Waals surface area contributed by atoms with Crippen LogP contribution in [0.25, 0.3) is 0 Å². The van der Waals surface area contributed by atoms with Gasteiger partial charge in [0.15, 0.2) is 0 Å². The Morgan fingerprint density at radius 2 is 2.19 bits per heavy atom. The molecule has 2 fully saturated rings. The molecule has 2 aliphatic rings. The molecule has 0 aromatic heterocycles. The number of hydrogen-bond acceptors (Lipinski definition) is 3. The van der Waals surface area contributed by atoms with Gasteiger partial charge in [-0.2, -0.15) is 5.10 Å². The lowest BCUT2D eigenvalue weighted by Crippen LogP contribution is -2.24. The van der Waals surface area contributed by atoms with Crippen molar-refractivity contribution in [1.82, 2.24) is 5.43 Å². The molecule has 1 saturated carbocycles. The van der Waals surface area contributed by atoms with Crippen molar-refractivity contribution in [3.05, 3.63) is 29.8 Å². The summed E-state index contributed by atoms with van der Waals surface area (Å²) in [7, 11) is 0. The largest absolute Gasteiger partial charge is 0.312 e. The first kappa shape index (κ1) is 13.8. The van der Waals surface area contributed by atoms with Gasteiger partial charge in [0.05, 0.1) is 5.71 Å². The Bertz CT molecular complexity index is 605. The Morgan fingerprint density at radius 3 is 2.86 bits per heavy atom. The number of hydrazone groups is 1. The zero-order valence-corrected chi connectivity index (χ0v) is 12.1. The summed E-state index contributed by atoms with van der Waals surface area (Å²) in [6.07, 6.45) is 3.46. The third kappa shape index (κ3) is 3.12. The highest BCUT2D eigenvalue weighted by atomic mass is 16.2. The molecule has 1 N–H and O–H groups in total. The summed E-state index contributed by atoms with van der Waals surface area (Å²) < 4.78 is 0. The molecule has 0 bridgehead atoms. The second-order valence-corrected chi connectivity index (χ2v) is 5.65. The van der Waals surface area contributed by atoms with Crippen LogP contribution in [0, 0.1) is 5.92 Å². The molecule has 5 heteroatoms. The maximum absolute atomic E-state index is 11.8. The second kappa shape index (κ2) is 5.68. The van der Waals surface area contributed by atoms with Crippen LogP contribution in [0.3, 0.4) is 0 Å². The average molecular weight is 285 g/mol. The van der Waals surface area contributed by atoms with Gasteiger partial charge in [-0.3, -0.25) is 9.59 Å². The van der Waals surface area contributed by atoms with Gasteiger partial charge in [-0.05, 0) is 43.9 Å². The second-order valence-electron chi connectivity index (χ2n) is 5.65. The van der Waals surface area contributed by atoms with Gasteiger partial charge in [-0.1, -0.05) is 12.1 Å². The highest BCUT2D eigenvalue weighted by Gasteiger charge is 2.29. The number of benzene rings is 1. The fourth-order valence-corrected chi connectivity index (χ4v) is 2.46. The molecule has 0 spiro atoms. The molecule has 1 aromatic carbocycles. The average Bonchev–Trinajstić information content (AvgIpc) is 3.26. The fourth-order valence-electron chi connectivity index (χ4n) is 2.46. The number of anilines is 1. The highest BCUT2D eigenvalue weighted by molar-refractivity contribution is 6.02. The van der Waals surface area contributed by atoms with Crippen molar-refractivity contribution < 1.29 is 9.59 Å². The monoisotopic (exact) mass is 285 g/mol. The lowest BCUT2D eigenvalue weighted by Gasteiger charge is -2.16. The number of amides is 2. The van der Waals surface area contributed by atoms with Gasteiger partial charge < -0.3 is 4.90 Å². The molecule has 0 atom stereocenters. The number of carbonyl (C=O) groups excluding carboxylic acids is 2. The molecule has 1 saturated heterocycles. The van der Waals surface area contributed by atoms with Gasteiger partial charge in [0.2, 0.25) is 11.8 Å². The maximum Gasteiger partial charge on any atom is 0.243 e. The maximum atomic E-state index is 11.8. The molecular weight excluding hydrogens is 266 g/mol. The number of carbonyl (C=O) groups is 2. The van der Waals surface area contributed by atoms with E-state index in [0.29, 0.717) is 6.42 Å². The summed E-state index contributed by atoms with van der Waals surface area (Å²) in [5.41, 5.74) is 5.18. The van der Waals surface area contributed by atoms with Crippen LogP contribution >= 0.6 is 0 Å². The number of nitrogens with one attached hydrogen (secondary N) is 1. The molecule has 1 aliphatic heterocycles. The third-order valence-electron chi connectivity index (χ3n) is 3.93. The van der Waals surface area contributed by atoms with Crippen molar-refractivity contribution >= 4 is 23.2 Å². The zero-order chi connectivity index (χ0) is 14.8. The molecule has 0 unspecified atom stereocenters. The predicted octanol–water partition coefficient (Wildman–Crippen LogP) is 2.06. The smallest absolute Gasteiger partial charge is 0.243 e. The van der Waals surface area contributed by atoms with Gasteiger partial charge in [-0.15, -0.1) is 0 Å². The van der Waals surface area contributed by atoms with E-state index in [4.69, 9.17) is 0 Å². The van der Waals surface area contributed by atoms with E-state index in [0.717, 1.165) is 42.8 Å². The van der Waals surface area contributed by atoms with Gasteiger partial charge in [0.25, 0.3) is 0 Å². The first-order valence-corrected chi connectivity index (χ1v) is 7.40. The van der Waals surface area contributed by atoms with Gasteiger partial charge in [0, 0.05) is 24.6 Å². The molecular formula is C16H19N3O2. The minimum Gasteiger partial charge on any atom is -0.312 e. The third-order valence-corrected chi connectivity index (χ3v) is 3.93. The normalized spacial score (nSPS) is 19.0. The predicted molar refractivity (Wildman–Crippen MR) is 81.1 cm³/mol. The van der Waals surface area contributed by atoms with Gasteiger partial charge in [0.1, 0.15) is 0 Å². The molecule has 1 aliphatic carbocycles. The van der Waals surface area contributed by atoms with E-state index in [1.54, 1.807) is 4.90 Å². The van der Waals surface area contributed by atoms with E-state index < -0.39 is 0 Å². The fraction of sp³-hybridized carbons (Fsp3) is 0.438. The van der Waals surface area contributed by atoms with Crippen LogP contribution in [0.15, 0.2) is 29.4 Å². The molecule has 1 heterocycles. The standard InChI is InChI=1S/C16H19N3O2/c1-11(17-18-16(21)12-7-8-12)13-4-2-5-14(10-13)19-9-3-6-15(19)20/h2,4-5,10,12H,3,6-9H2,1H3,(H,18,21)/b17-11-. The van der Waals surface area contributed by atoms with E-state index in [-0.39, 0.29) is 17.7 Å². The SMILES string of the molecule is C/C(=N/NC(=O)C1CC1)c1cccc(N2CCCC2=O)c1. The highest BCUT2D eigenvalue weighted by Crippen LogP contribution is 2.28. The molecule has 0 radical (unpaired) electrons. The number of rotatable bonds is 4. The zero-order valence-electron chi connectivity index (χ0n) is 12.1. The Kier molecular flexibility index (Phi) is 3.73. The Balaban J connectivity index is 1.73. The van der Waals surface area contributed by atoms with Crippen LogP contribution in [0.5, 0.6) is 0 Å². The Labute approximate surface area is 124 Å². The minimum absolute atomic E-state index is 0.000209. The summed E-state index contributed by atoms with van der Waals surface area (Å²) in [5, 5.41) is 4.16. The van der Waals surface area contributed by atoms with Crippen molar-refractivity contribution in [3.63, 3.8) is 0 Å². The van der Waals surface area contributed by atoms with Crippen LogP contribution < -0.4 is 10.3 Å². The van der Waals surface area contributed by atoms with E-state index >= 15 is 0 Å². The summed E-state index contributed by atoms with van der Waals surface area (Å²) in [6, 6.07) is 7.73. The lowest BCUT2D eigenvalue weighted by molar-refractivity contribution is -0.122. The van der Waals surface area contributed by atoms with Crippen molar-refractivity contribution in [3.8, 4) is 0 Å². The van der Waals surface area contributed by atoms with Crippen LogP contribution in [0.1, 0.15) is 38.2 Å². The number of hydrogen-bond donors (Lipinski definition) is 1. The summed E-state index contributed by atoms with van der Waals surface area (Å²) in [5.74, 6) is 0.319. The van der Waals surface area contributed by atoms with E-state index in [9.17, 15) is 9.59 Å². The van der Waals surface area contributed by atoms with E-state index in [2.05, 4.69) is 10.5 Å². The van der Waals surface area contributed by atoms with Gasteiger partial charge in [-0.25, -0.2) is 5.43 Å². The first-order chi connectivity index (χ1) is 10.1.